The van der Waals surface area contributed by atoms with Crippen LogP contribution in [-0.4, -0.2) is 13.9 Å². The Morgan fingerprint density at radius 3 is 2.23 bits per heavy atom. The first-order chi connectivity index (χ1) is 10.6. The molecule has 5 rings (SSSR count). The molecule has 0 radical (unpaired) electrons. The van der Waals surface area contributed by atoms with Gasteiger partial charge in [-0.15, -0.1) is 0 Å². The van der Waals surface area contributed by atoms with E-state index < -0.39 is 0 Å². The summed E-state index contributed by atoms with van der Waals surface area (Å²) in [5.74, 6) is 3.97. The molecule has 0 aliphatic heterocycles. The van der Waals surface area contributed by atoms with Crippen molar-refractivity contribution >= 4 is 22.6 Å². The van der Waals surface area contributed by atoms with Gasteiger partial charge in [-0.25, -0.2) is 0 Å². The Kier molecular flexibility index (Phi) is 3.92. The number of hydrogen-bond acceptors (Lipinski definition) is 2. The van der Waals surface area contributed by atoms with Gasteiger partial charge in [-0.3, -0.25) is 0 Å². The summed E-state index contributed by atoms with van der Waals surface area (Å²) < 4.78 is 12.4. The molecule has 4 bridgehead atoms. The summed E-state index contributed by atoms with van der Waals surface area (Å²) in [5.41, 5.74) is 3.22. The van der Waals surface area contributed by atoms with Crippen LogP contribution in [0.1, 0.15) is 49.7 Å². The van der Waals surface area contributed by atoms with Gasteiger partial charge in [0.15, 0.2) is 6.79 Å². The average Bonchev–Trinajstić information content (AvgIpc) is 2.44. The molecule has 4 saturated carbocycles. The Hall–Kier alpha value is -0.290. The molecule has 0 aromatic heterocycles. The molecule has 4 aliphatic rings. The summed E-state index contributed by atoms with van der Waals surface area (Å²) in [7, 11) is 1.70. The third kappa shape index (κ3) is 2.48. The van der Waals surface area contributed by atoms with Gasteiger partial charge in [0.2, 0.25) is 0 Å². The van der Waals surface area contributed by atoms with Crippen molar-refractivity contribution in [1.82, 2.24) is 0 Å². The monoisotopic (exact) mass is 412 g/mol. The van der Waals surface area contributed by atoms with Gasteiger partial charge in [-0.05, 0) is 103 Å². The second-order valence-electron chi connectivity index (χ2n) is 7.87. The largest absolute Gasteiger partial charge is 0.466 e. The van der Waals surface area contributed by atoms with Gasteiger partial charge in [-0.1, -0.05) is 6.07 Å². The smallest absolute Gasteiger partial charge is 0.188 e. The number of benzene rings is 1. The Bertz CT molecular complexity index is 546. The lowest BCUT2D eigenvalue weighted by molar-refractivity contribution is -0.00897. The molecule has 2 nitrogen and oxygen atoms in total. The third-order valence-electron chi connectivity index (χ3n) is 6.12. The van der Waals surface area contributed by atoms with Crippen LogP contribution in [0, 0.1) is 28.2 Å². The zero-order chi connectivity index (χ0) is 15.3. The van der Waals surface area contributed by atoms with Gasteiger partial charge in [0.25, 0.3) is 0 Å². The van der Waals surface area contributed by atoms with E-state index in [9.17, 15) is 0 Å². The van der Waals surface area contributed by atoms with Gasteiger partial charge in [-0.2, -0.15) is 0 Å². The molecule has 0 atom stereocenters. The molecular formula is C19H25IO2. The molecule has 0 saturated heterocycles. The second-order valence-corrected chi connectivity index (χ2v) is 9.03. The van der Waals surface area contributed by atoms with Crippen molar-refractivity contribution < 1.29 is 9.47 Å². The van der Waals surface area contributed by atoms with Gasteiger partial charge >= 0.3 is 0 Å². The van der Waals surface area contributed by atoms with Crippen LogP contribution in [0.2, 0.25) is 0 Å². The minimum atomic E-state index is 0.346. The van der Waals surface area contributed by atoms with Crippen molar-refractivity contribution in [2.24, 2.45) is 17.8 Å². The predicted octanol–water partition coefficient (Wildman–Crippen LogP) is 5.05. The van der Waals surface area contributed by atoms with Crippen molar-refractivity contribution in [1.29, 1.82) is 0 Å². The van der Waals surface area contributed by atoms with Crippen LogP contribution in [0.5, 0.6) is 5.75 Å². The van der Waals surface area contributed by atoms with E-state index in [2.05, 4.69) is 41.6 Å². The summed E-state index contributed by atoms with van der Waals surface area (Å²) in [5, 5.41) is 0. The zero-order valence-electron chi connectivity index (χ0n) is 13.5. The molecule has 0 spiro atoms. The molecule has 0 unspecified atom stereocenters. The van der Waals surface area contributed by atoms with E-state index in [0.717, 1.165) is 23.5 Å². The summed E-state index contributed by atoms with van der Waals surface area (Å²) in [6.07, 6.45) is 8.58. The van der Waals surface area contributed by atoms with Crippen molar-refractivity contribution in [2.75, 3.05) is 13.9 Å². The van der Waals surface area contributed by atoms with Crippen LogP contribution in [0.3, 0.4) is 0 Å². The highest BCUT2D eigenvalue weighted by atomic mass is 127. The van der Waals surface area contributed by atoms with Gasteiger partial charge < -0.3 is 9.47 Å². The third-order valence-corrected chi connectivity index (χ3v) is 6.92. The Balaban J connectivity index is 1.78. The quantitative estimate of drug-likeness (QED) is 0.509. The highest BCUT2D eigenvalue weighted by Crippen LogP contribution is 2.62. The molecule has 22 heavy (non-hydrogen) atoms. The molecule has 1 aromatic rings. The first kappa shape index (κ1) is 15.3. The lowest BCUT2D eigenvalue weighted by Gasteiger charge is -2.57. The molecule has 3 heteroatoms. The van der Waals surface area contributed by atoms with Crippen molar-refractivity contribution in [2.45, 2.75) is 50.9 Å². The Morgan fingerprint density at radius 2 is 1.68 bits per heavy atom. The molecule has 0 heterocycles. The van der Waals surface area contributed by atoms with Crippen LogP contribution in [-0.2, 0) is 10.2 Å². The first-order valence-corrected chi connectivity index (χ1v) is 9.60. The van der Waals surface area contributed by atoms with E-state index in [0.29, 0.717) is 12.2 Å². The Morgan fingerprint density at radius 1 is 1.09 bits per heavy atom. The summed E-state index contributed by atoms with van der Waals surface area (Å²) in [6.45, 7) is 2.56. The number of methoxy groups -OCH3 is 1. The number of hydrogen-bond donors (Lipinski definition) is 0. The van der Waals surface area contributed by atoms with Crippen LogP contribution >= 0.6 is 22.6 Å². The van der Waals surface area contributed by atoms with Crippen LogP contribution in [0.15, 0.2) is 12.1 Å². The normalized spacial score (nSPS) is 35.9. The molecule has 1 aromatic carbocycles. The fourth-order valence-corrected chi connectivity index (χ4v) is 6.77. The number of halogens is 1. The van der Waals surface area contributed by atoms with E-state index in [4.69, 9.17) is 9.47 Å². The van der Waals surface area contributed by atoms with Crippen molar-refractivity contribution in [3.05, 3.63) is 26.8 Å². The number of rotatable bonds is 4. The van der Waals surface area contributed by atoms with E-state index in [1.54, 1.807) is 7.11 Å². The Labute approximate surface area is 147 Å². The van der Waals surface area contributed by atoms with Crippen molar-refractivity contribution in [3.8, 4) is 5.75 Å². The molecular weight excluding hydrogens is 387 g/mol. The zero-order valence-corrected chi connectivity index (χ0v) is 15.7. The minimum Gasteiger partial charge on any atom is -0.466 e. The number of ether oxygens (including phenoxy) is 2. The second kappa shape index (κ2) is 5.66. The standard InChI is InChI=1S/C19H25IO2/c1-12-3-16(18(17(20)4-12)22-11-21-2)19-8-13-5-14(9-19)7-15(6-13)10-19/h3-4,13-15H,5-11H2,1-2H3. The highest BCUT2D eigenvalue weighted by Gasteiger charge is 2.52. The lowest BCUT2D eigenvalue weighted by Crippen LogP contribution is -2.48. The van der Waals surface area contributed by atoms with E-state index >= 15 is 0 Å². The van der Waals surface area contributed by atoms with Gasteiger partial charge in [0, 0.05) is 12.7 Å². The topological polar surface area (TPSA) is 18.5 Å². The highest BCUT2D eigenvalue weighted by molar-refractivity contribution is 14.1. The van der Waals surface area contributed by atoms with E-state index in [1.165, 1.54) is 53.2 Å². The minimum absolute atomic E-state index is 0.346. The fourth-order valence-electron chi connectivity index (χ4n) is 5.83. The molecule has 4 fully saturated rings. The summed E-state index contributed by atoms with van der Waals surface area (Å²) >= 11 is 2.43. The maximum Gasteiger partial charge on any atom is 0.188 e. The fraction of sp³-hybridized carbons (Fsp3) is 0.684. The molecule has 120 valence electrons. The average molecular weight is 412 g/mol. The van der Waals surface area contributed by atoms with Crippen LogP contribution in [0.4, 0.5) is 0 Å². The van der Waals surface area contributed by atoms with Crippen LogP contribution in [0.25, 0.3) is 0 Å². The van der Waals surface area contributed by atoms with Gasteiger partial charge in [0.1, 0.15) is 5.75 Å². The molecule has 0 amide bonds. The summed E-state index contributed by atoms with van der Waals surface area (Å²) in [4.78, 5) is 0. The van der Waals surface area contributed by atoms with E-state index in [1.807, 2.05) is 0 Å². The van der Waals surface area contributed by atoms with Gasteiger partial charge in [0.05, 0.1) is 3.57 Å². The van der Waals surface area contributed by atoms with Crippen LogP contribution < -0.4 is 4.74 Å². The van der Waals surface area contributed by atoms with Crippen molar-refractivity contribution in [3.63, 3.8) is 0 Å². The predicted molar refractivity (Wildman–Crippen MR) is 96.3 cm³/mol. The maximum atomic E-state index is 6.03. The number of aryl methyl sites for hydroxylation is 1. The molecule has 4 aliphatic carbocycles. The molecule has 0 N–H and O–H groups in total. The summed E-state index contributed by atoms with van der Waals surface area (Å²) in [6, 6.07) is 4.63. The van der Waals surface area contributed by atoms with E-state index in [-0.39, 0.29) is 0 Å². The first-order valence-electron chi connectivity index (χ1n) is 8.52. The lowest BCUT2D eigenvalue weighted by atomic mass is 9.48. The SMILES string of the molecule is COCOc1c(I)cc(C)cc1C12CC3CC(CC(C3)C1)C2. The maximum absolute atomic E-state index is 6.03.